The fourth-order valence-electron chi connectivity index (χ4n) is 2.35. The Morgan fingerprint density at radius 1 is 1.35 bits per heavy atom. The van der Waals surface area contributed by atoms with Crippen molar-refractivity contribution < 1.29 is 14.3 Å². The highest BCUT2D eigenvalue weighted by Crippen LogP contribution is 2.19. The Labute approximate surface area is 118 Å². The van der Waals surface area contributed by atoms with Gasteiger partial charge in [-0.25, -0.2) is 4.79 Å². The number of nitrogens with one attached hydrogen (secondary N) is 1. The second-order valence-electron chi connectivity index (χ2n) is 4.79. The lowest BCUT2D eigenvalue weighted by molar-refractivity contribution is -0.125. The van der Waals surface area contributed by atoms with Crippen molar-refractivity contribution in [2.24, 2.45) is 0 Å². The molecule has 20 heavy (non-hydrogen) atoms. The van der Waals surface area contributed by atoms with E-state index in [2.05, 4.69) is 5.32 Å². The second-order valence-corrected chi connectivity index (χ2v) is 4.79. The molecule has 1 aromatic rings. The van der Waals surface area contributed by atoms with Gasteiger partial charge in [-0.15, -0.1) is 0 Å². The quantitative estimate of drug-likeness (QED) is 0.914. The van der Waals surface area contributed by atoms with Crippen molar-refractivity contribution in [2.45, 2.75) is 32.4 Å². The van der Waals surface area contributed by atoms with Crippen LogP contribution in [0.4, 0.5) is 4.79 Å². The molecule has 1 atom stereocenters. The Morgan fingerprint density at radius 3 is 2.80 bits per heavy atom. The molecule has 1 N–H and O–H groups in total. The maximum atomic E-state index is 12.1. The number of rotatable bonds is 4. The van der Waals surface area contributed by atoms with Gasteiger partial charge in [0.15, 0.2) is 0 Å². The molecule has 108 valence electrons. The predicted octanol–water partition coefficient (Wildman–Crippen LogP) is 1.92. The summed E-state index contributed by atoms with van der Waals surface area (Å²) in [7, 11) is 0. The Balaban J connectivity index is 1.89. The van der Waals surface area contributed by atoms with E-state index in [4.69, 9.17) is 4.74 Å². The van der Waals surface area contributed by atoms with Crippen molar-refractivity contribution in [3.05, 3.63) is 35.9 Å². The Morgan fingerprint density at radius 2 is 2.10 bits per heavy atom. The highest BCUT2D eigenvalue weighted by Gasteiger charge is 2.34. The predicted molar refractivity (Wildman–Crippen MR) is 75.0 cm³/mol. The number of likely N-dealkylation sites (N-methyl/N-ethyl adjacent to an activating group) is 1. The molecule has 0 saturated carbocycles. The van der Waals surface area contributed by atoms with E-state index in [1.54, 1.807) is 0 Å². The summed E-state index contributed by atoms with van der Waals surface area (Å²) in [4.78, 5) is 25.5. The van der Waals surface area contributed by atoms with Gasteiger partial charge in [-0.1, -0.05) is 30.3 Å². The van der Waals surface area contributed by atoms with Gasteiger partial charge < -0.3 is 10.1 Å². The number of hydrogen-bond donors (Lipinski definition) is 1. The average molecular weight is 276 g/mol. The Kier molecular flexibility index (Phi) is 4.98. The van der Waals surface area contributed by atoms with Crippen LogP contribution in [-0.4, -0.2) is 36.0 Å². The van der Waals surface area contributed by atoms with E-state index in [1.165, 1.54) is 4.90 Å². The molecule has 1 unspecified atom stereocenters. The zero-order valence-electron chi connectivity index (χ0n) is 11.7. The largest absolute Gasteiger partial charge is 0.445 e. The maximum absolute atomic E-state index is 12.1. The first-order chi connectivity index (χ1) is 9.72. The first-order valence-corrected chi connectivity index (χ1v) is 6.97. The number of nitrogens with zero attached hydrogens (tertiary/aromatic N) is 1. The summed E-state index contributed by atoms with van der Waals surface area (Å²) < 4.78 is 5.28. The molecule has 2 amide bonds. The molecule has 1 heterocycles. The molecule has 5 heteroatoms. The first kappa shape index (κ1) is 14.4. The molecular formula is C15H20N2O3. The smallest absolute Gasteiger partial charge is 0.410 e. The molecule has 1 aromatic carbocycles. The minimum absolute atomic E-state index is 0.0957. The lowest BCUT2D eigenvalue weighted by Crippen LogP contribution is -2.46. The van der Waals surface area contributed by atoms with Gasteiger partial charge in [0, 0.05) is 13.1 Å². The fourth-order valence-corrected chi connectivity index (χ4v) is 2.35. The summed E-state index contributed by atoms with van der Waals surface area (Å²) in [6.07, 6.45) is 1.12. The van der Waals surface area contributed by atoms with Crippen LogP contribution in [0.2, 0.25) is 0 Å². The van der Waals surface area contributed by atoms with Crippen molar-refractivity contribution >= 4 is 12.0 Å². The second kappa shape index (κ2) is 6.93. The van der Waals surface area contributed by atoms with Crippen molar-refractivity contribution in [2.75, 3.05) is 13.1 Å². The van der Waals surface area contributed by atoms with Crippen LogP contribution in [0.5, 0.6) is 0 Å². The molecule has 0 radical (unpaired) electrons. The van der Waals surface area contributed by atoms with Crippen molar-refractivity contribution in [3.8, 4) is 0 Å². The van der Waals surface area contributed by atoms with E-state index >= 15 is 0 Å². The third-order valence-corrected chi connectivity index (χ3v) is 3.35. The van der Waals surface area contributed by atoms with Crippen molar-refractivity contribution in [1.29, 1.82) is 0 Å². The molecule has 1 saturated heterocycles. The lowest BCUT2D eigenvalue weighted by Gasteiger charge is -2.23. The van der Waals surface area contributed by atoms with E-state index in [9.17, 15) is 9.59 Å². The molecule has 0 spiro atoms. The molecule has 1 aliphatic heterocycles. The number of hydrogen-bond acceptors (Lipinski definition) is 3. The molecular weight excluding hydrogens is 256 g/mol. The van der Waals surface area contributed by atoms with Crippen LogP contribution in [0.15, 0.2) is 30.3 Å². The zero-order valence-corrected chi connectivity index (χ0v) is 11.7. The van der Waals surface area contributed by atoms with Crippen LogP contribution in [0.25, 0.3) is 0 Å². The zero-order chi connectivity index (χ0) is 14.4. The van der Waals surface area contributed by atoms with Crippen LogP contribution in [0.3, 0.4) is 0 Å². The SMILES string of the molecule is CCNC(=O)C1CCCN1C(=O)OCc1ccccc1. The minimum atomic E-state index is -0.414. The van der Waals surface area contributed by atoms with Gasteiger partial charge in [0.25, 0.3) is 0 Å². The van der Waals surface area contributed by atoms with Crippen molar-refractivity contribution in [1.82, 2.24) is 10.2 Å². The van der Waals surface area contributed by atoms with Gasteiger partial charge in [0.2, 0.25) is 5.91 Å². The topological polar surface area (TPSA) is 58.6 Å². The monoisotopic (exact) mass is 276 g/mol. The summed E-state index contributed by atoms with van der Waals surface area (Å²) in [6.45, 7) is 3.25. The number of amides is 2. The van der Waals surface area contributed by atoms with Crippen LogP contribution < -0.4 is 5.32 Å². The van der Waals surface area contributed by atoms with Gasteiger partial charge in [-0.2, -0.15) is 0 Å². The van der Waals surface area contributed by atoms with Gasteiger partial charge >= 0.3 is 6.09 Å². The Hall–Kier alpha value is -2.04. The molecule has 0 bridgehead atoms. The third kappa shape index (κ3) is 3.50. The summed E-state index contributed by atoms with van der Waals surface area (Å²) in [5, 5.41) is 2.76. The van der Waals surface area contributed by atoms with E-state index in [0.717, 1.165) is 12.0 Å². The normalized spacial score (nSPS) is 17.9. The van der Waals surface area contributed by atoms with Crippen LogP contribution >= 0.6 is 0 Å². The van der Waals surface area contributed by atoms with E-state index in [1.807, 2.05) is 37.3 Å². The van der Waals surface area contributed by atoms with Crippen LogP contribution in [0.1, 0.15) is 25.3 Å². The number of benzene rings is 1. The van der Waals surface area contributed by atoms with Crippen LogP contribution in [0, 0.1) is 0 Å². The summed E-state index contributed by atoms with van der Waals surface area (Å²) in [5.41, 5.74) is 0.939. The molecule has 0 aromatic heterocycles. The average Bonchev–Trinajstić information content (AvgIpc) is 2.96. The minimum Gasteiger partial charge on any atom is -0.445 e. The Bertz CT molecular complexity index is 461. The van der Waals surface area contributed by atoms with E-state index in [0.29, 0.717) is 19.5 Å². The van der Waals surface area contributed by atoms with E-state index in [-0.39, 0.29) is 12.5 Å². The number of carbonyl (C=O) groups excluding carboxylic acids is 2. The first-order valence-electron chi connectivity index (χ1n) is 6.97. The van der Waals surface area contributed by atoms with Gasteiger partial charge in [-0.3, -0.25) is 9.69 Å². The van der Waals surface area contributed by atoms with Crippen molar-refractivity contribution in [3.63, 3.8) is 0 Å². The highest BCUT2D eigenvalue weighted by atomic mass is 16.6. The summed E-state index contributed by atoms with van der Waals surface area (Å²) >= 11 is 0. The lowest BCUT2D eigenvalue weighted by atomic mass is 10.2. The third-order valence-electron chi connectivity index (χ3n) is 3.35. The standard InChI is InChI=1S/C15H20N2O3/c1-2-16-14(18)13-9-6-10-17(13)15(19)20-11-12-7-4-3-5-8-12/h3-5,7-8,13H,2,6,9-11H2,1H3,(H,16,18). The summed E-state index contributed by atoms with van der Waals surface area (Å²) in [6, 6.07) is 9.12. The number of carbonyl (C=O) groups is 2. The fraction of sp³-hybridized carbons (Fsp3) is 0.467. The molecule has 5 nitrogen and oxygen atoms in total. The van der Waals surface area contributed by atoms with Crippen LogP contribution in [-0.2, 0) is 16.1 Å². The van der Waals surface area contributed by atoms with Gasteiger partial charge in [0.1, 0.15) is 12.6 Å². The summed E-state index contributed by atoms with van der Waals surface area (Å²) in [5.74, 6) is -0.0957. The van der Waals surface area contributed by atoms with Gasteiger partial charge in [-0.05, 0) is 25.3 Å². The molecule has 1 fully saturated rings. The van der Waals surface area contributed by atoms with Gasteiger partial charge in [0.05, 0.1) is 0 Å². The van der Waals surface area contributed by atoms with E-state index < -0.39 is 12.1 Å². The molecule has 2 rings (SSSR count). The molecule has 1 aliphatic rings. The number of ether oxygens (including phenoxy) is 1. The number of likely N-dealkylation sites (tertiary alicyclic amines) is 1. The maximum Gasteiger partial charge on any atom is 0.410 e. The highest BCUT2D eigenvalue weighted by molar-refractivity contribution is 5.86. The molecule has 0 aliphatic carbocycles.